The van der Waals surface area contributed by atoms with Crippen LogP contribution in [0.2, 0.25) is 5.02 Å². The molecule has 0 aliphatic carbocycles. The summed E-state index contributed by atoms with van der Waals surface area (Å²) in [5, 5.41) is 2.35. The van der Waals surface area contributed by atoms with Crippen molar-refractivity contribution in [2.45, 2.75) is 10.9 Å². The molecule has 140 valence electrons. The van der Waals surface area contributed by atoms with Crippen molar-refractivity contribution in [2.75, 3.05) is 4.90 Å². The molecule has 0 N–H and O–H groups in total. The molecule has 4 nitrogen and oxygen atoms in total. The summed E-state index contributed by atoms with van der Waals surface area (Å²) in [6.45, 7) is 0. The number of halogens is 1. The number of benzene rings is 3. The highest BCUT2D eigenvalue weighted by Gasteiger charge is 2.41. The standard InChI is InChI=1S/C23H13ClN2O2S/c24-14-11-9-13(10-12-14)21-19-20(15-5-1-3-7-17(15)28-22(19)27)25-23-26(21)16-6-2-4-8-18(16)29-23/h1-12,21H. The molecule has 1 atom stereocenters. The normalized spacial score (nSPS) is 16.9. The first kappa shape index (κ1) is 16.9. The highest BCUT2D eigenvalue weighted by Crippen LogP contribution is 2.51. The van der Waals surface area contributed by atoms with E-state index in [4.69, 9.17) is 21.0 Å². The van der Waals surface area contributed by atoms with Crippen molar-refractivity contribution in [1.29, 1.82) is 0 Å². The van der Waals surface area contributed by atoms with Gasteiger partial charge in [-0.1, -0.05) is 48.0 Å². The number of hydrogen-bond donors (Lipinski definition) is 0. The molecule has 3 heterocycles. The van der Waals surface area contributed by atoms with Crippen molar-refractivity contribution in [2.24, 2.45) is 4.99 Å². The summed E-state index contributed by atoms with van der Waals surface area (Å²) in [6.07, 6.45) is 0. The monoisotopic (exact) mass is 416 g/mol. The van der Waals surface area contributed by atoms with Crippen LogP contribution < -0.4 is 10.5 Å². The van der Waals surface area contributed by atoms with Gasteiger partial charge in [-0.25, -0.2) is 9.79 Å². The van der Waals surface area contributed by atoms with Crippen molar-refractivity contribution < 1.29 is 4.42 Å². The summed E-state index contributed by atoms with van der Waals surface area (Å²) in [6, 6.07) is 23.0. The lowest BCUT2D eigenvalue weighted by molar-refractivity contribution is 0.544. The Morgan fingerprint density at radius 1 is 0.966 bits per heavy atom. The second kappa shape index (κ2) is 6.24. The smallest absolute Gasteiger partial charge is 0.344 e. The molecule has 1 aromatic heterocycles. The Morgan fingerprint density at radius 3 is 2.59 bits per heavy atom. The summed E-state index contributed by atoms with van der Waals surface area (Å²) in [5.41, 5.74) is 3.41. The Morgan fingerprint density at radius 2 is 1.72 bits per heavy atom. The second-order valence-corrected chi connectivity index (χ2v) is 8.38. The number of fused-ring (bicyclic) bond motifs is 6. The lowest BCUT2D eigenvalue weighted by Crippen LogP contribution is -2.36. The molecule has 0 fully saturated rings. The zero-order chi connectivity index (χ0) is 19.5. The van der Waals surface area contributed by atoms with Crippen molar-refractivity contribution in [1.82, 2.24) is 0 Å². The van der Waals surface area contributed by atoms with Crippen LogP contribution in [-0.2, 0) is 0 Å². The molecule has 0 saturated carbocycles. The second-order valence-electron chi connectivity index (χ2n) is 6.94. The molecular formula is C23H13ClN2O2S. The van der Waals surface area contributed by atoms with Gasteiger partial charge in [0.15, 0.2) is 5.17 Å². The van der Waals surface area contributed by atoms with Gasteiger partial charge in [-0.3, -0.25) is 0 Å². The van der Waals surface area contributed by atoms with Gasteiger partial charge < -0.3 is 9.32 Å². The van der Waals surface area contributed by atoms with E-state index in [1.165, 1.54) is 0 Å². The van der Waals surface area contributed by atoms with Crippen LogP contribution in [0.15, 0.2) is 91.9 Å². The van der Waals surface area contributed by atoms with Gasteiger partial charge in [-0.2, -0.15) is 0 Å². The number of anilines is 1. The first-order valence-corrected chi connectivity index (χ1v) is 10.4. The summed E-state index contributed by atoms with van der Waals surface area (Å²) in [5.74, 6) is 0. The topological polar surface area (TPSA) is 45.8 Å². The fourth-order valence-corrected chi connectivity index (χ4v) is 5.19. The molecule has 3 aromatic carbocycles. The lowest BCUT2D eigenvalue weighted by Gasteiger charge is -2.34. The number of thioether (sulfide) groups is 1. The van der Waals surface area contributed by atoms with Crippen LogP contribution in [0.5, 0.6) is 0 Å². The number of hydrogen-bond acceptors (Lipinski definition) is 5. The highest BCUT2D eigenvalue weighted by atomic mass is 35.5. The highest BCUT2D eigenvalue weighted by molar-refractivity contribution is 8.14. The minimum absolute atomic E-state index is 0.341. The van der Waals surface area contributed by atoms with Crippen LogP contribution in [-0.4, -0.2) is 5.17 Å². The average Bonchev–Trinajstić information content (AvgIpc) is 3.11. The van der Waals surface area contributed by atoms with E-state index in [-0.39, 0.29) is 11.7 Å². The van der Waals surface area contributed by atoms with E-state index >= 15 is 0 Å². The predicted molar refractivity (Wildman–Crippen MR) is 118 cm³/mol. The van der Waals surface area contributed by atoms with Crippen molar-refractivity contribution in [3.8, 4) is 0 Å². The van der Waals surface area contributed by atoms with Crippen LogP contribution in [0, 0.1) is 0 Å². The number of aliphatic imine (C=N–C) groups is 1. The van der Waals surface area contributed by atoms with Crippen LogP contribution in [0.3, 0.4) is 0 Å². The van der Waals surface area contributed by atoms with Gasteiger partial charge >= 0.3 is 5.63 Å². The molecule has 0 spiro atoms. The maximum absolute atomic E-state index is 13.1. The maximum Gasteiger partial charge on any atom is 0.344 e. The number of rotatable bonds is 1. The van der Waals surface area contributed by atoms with Gasteiger partial charge in [0.05, 0.1) is 23.0 Å². The molecule has 6 rings (SSSR count). The largest absolute Gasteiger partial charge is 0.422 e. The van der Waals surface area contributed by atoms with Gasteiger partial charge in [-0.15, -0.1) is 0 Å². The van der Waals surface area contributed by atoms with Crippen molar-refractivity contribution in [3.05, 3.63) is 99.4 Å². The van der Waals surface area contributed by atoms with E-state index < -0.39 is 0 Å². The molecular weight excluding hydrogens is 404 g/mol. The summed E-state index contributed by atoms with van der Waals surface area (Å²) >= 11 is 7.75. The molecule has 1 unspecified atom stereocenters. The third-order valence-electron chi connectivity index (χ3n) is 5.28. The van der Waals surface area contributed by atoms with Gasteiger partial charge in [0.2, 0.25) is 0 Å². The molecule has 0 saturated heterocycles. The van der Waals surface area contributed by atoms with E-state index in [1.807, 2.05) is 54.6 Å². The Labute approximate surface area is 175 Å². The number of amidine groups is 1. The fraction of sp³-hybridized carbons (Fsp3) is 0.0435. The van der Waals surface area contributed by atoms with Gasteiger partial charge in [0.25, 0.3) is 0 Å². The van der Waals surface area contributed by atoms with E-state index in [2.05, 4.69) is 17.0 Å². The predicted octanol–water partition coefficient (Wildman–Crippen LogP) is 6.15. The Bertz CT molecular complexity index is 1380. The number of nitrogens with zero attached hydrogens (tertiary/aromatic N) is 2. The van der Waals surface area contributed by atoms with Crippen molar-refractivity contribution in [3.63, 3.8) is 0 Å². The van der Waals surface area contributed by atoms with Crippen LogP contribution in [0.25, 0.3) is 11.0 Å². The molecule has 6 heteroatoms. The zero-order valence-electron chi connectivity index (χ0n) is 15.0. The van der Waals surface area contributed by atoms with Crippen molar-refractivity contribution >= 4 is 50.9 Å². The molecule has 0 radical (unpaired) electrons. The van der Waals surface area contributed by atoms with E-state index in [1.54, 1.807) is 17.8 Å². The first-order valence-electron chi connectivity index (χ1n) is 9.17. The average molecular weight is 417 g/mol. The van der Waals surface area contributed by atoms with E-state index in [9.17, 15) is 4.79 Å². The number of para-hydroxylation sites is 2. The SMILES string of the molecule is O=c1oc2ccccc2c2c1C(c1ccc(Cl)cc1)N1C(=N2)Sc2ccccc21. The van der Waals surface area contributed by atoms with E-state index in [0.717, 1.165) is 26.7 Å². The zero-order valence-corrected chi connectivity index (χ0v) is 16.6. The Hall–Kier alpha value is -3.02. The van der Waals surface area contributed by atoms with Gasteiger partial charge in [-0.05, 0) is 53.7 Å². The Kier molecular flexibility index (Phi) is 3.63. The summed E-state index contributed by atoms with van der Waals surface area (Å²) in [4.78, 5) is 21.3. The molecule has 0 bridgehead atoms. The molecule has 4 aromatic rings. The van der Waals surface area contributed by atoms with Gasteiger partial charge in [0, 0.05) is 15.3 Å². The van der Waals surface area contributed by atoms with E-state index in [0.29, 0.717) is 21.9 Å². The fourth-order valence-electron chi connectivity index (χ4n) is 4.01. The quantitative estimate of drug-likeness (QED) is 0.349. The molecule has 0 amide bonds. The summed E-state index contributed by atoms with van der Waals surface area (Å²) in [7, 11) is 0. The Balaban J connectivity index is 1.71. The molecule has 29 heavy (non-hydrogen) atoms. The van der Waals surface area contributed by atoms with Crippen LogP contribution in [0.4, 0.5) is 11.4 Å². The maximum atomic E-state index is 13.1. The molecule has 2 aliphatic heterocycles. The molecule has 2 aliphatic rings. The minimum Gasteiger partial charge on any atom is -0.422 e. The van der Waals surface area contributed by atoms with Crippen LogP contribution in [0.1, 0.15) is 17.2 Å². The minimum atomic E-state index is -0.365. The van der Waals surface area contributed by atoms with Crippen LogP contribution >= 0.6 is 23.4 Å². The lowest BCUT2D eigenvalue weighted by atomic mass is 9.94. The first-order chi connectivity index (χ1) is 14.2. The third-order valence-corrected chi connectivity index (χ3v) is 6.56. The van der Waals surface area contributed by atoms with Gasteiger partial charge in [0.1, 0.15) is 5.58 Å². The third kappa shape index (κ3) is 2.48. The summed E-state index contributed by atoms with van der Waals surface area (Å²) < 4.78 is 5.69.